The number of benzene rings is 2. The Morgan fingerprint density at radius 3 is 2.57 bits per heavy atom. The van der Waals surface area contributed by atoms with Gasteiger partial charge in [-0.1, -0.05) is 36.4 Å². The Kier molecular flexibility index (Phi) is 3.84. The number of rotatable bonds is 4. The van der Waals surface area contributed by atoms with Crippen LogP contribution in [0.5, 0.6) is 5.75 Å². The maximum Gasteiger partial charge on any atom is 0.119 e. The smallest absolute Gasteiger partial charge is 0.119 e. The number of hydrogen-bond acceptors (Lipinski definition) is 3. The van der Waals surface area contributed by atoms with Crippen LogP contribution in [0.1, 0.15) is 24.1 Å². The highest BCUT2D eigenvalue weighted by Crippen LogP contribution is 2.20. The molecule has 3 heteroatoms. The third kappa shape index (κ3) is 3.03. The number of pyridine rings is 1. The minimum Gasteiger partial charge on any atom is -0.489 e. The normalized spacial score (nSPS) is 12.3. The molecule has 0 unspecified atom stereocenters. The van der Waals surface area contributed by atoms with Crippen LogP contribution in [0, 0.1) is 0 Å². The van der Waals surface area contributed by atoms with Gasteiger partial charge < -0.3 is 10.5 Å². The summed E-state index contributed by atoms with van der Waals surface area (Å²) in [5, 5.41) is 1.13. The average Bonchev–Trinajstić information content (AvgIpc) is 2.53. The first-order valence-corrected chi connectivity index (χ1v) is 7.05. The number of hydrogen-bond donors (Lipinski definition) is 1. The Labute approximate surface area is 124 Å². The number of ether oxygens (including phenoxy) is 1. The minimum atomic E-state index is 0.0429. The number of nitrogens with zero attached hydrogens (tertiary/aromatic N) is 1. The highest BCUT2D eigenvalue weighted by Gasteiger charge is 2.04. The second-order valence-electron chi connectivity index (χ2n) is 5.14. The third-order valence-electron chi connectivity index (χ3n) is 3.52. The fourth-order valence-electron chi connectivity index (χ4n) is 2.31. The Morgan fingerprint density at radius 2 is 1.81 bits per heavy atom. The van der Waals surface area contributed by atoms with Crippen LogP contribution in [-0.4, -0.2) is 4.98 Å². The molecular weight excluding hydrogens is 260 g/mol. The lowest BCUT2D eigenvalue weighted by atomic mass is 10.1. The molecule has 3 aromatic rings. The second-order valence-corrected chi connectivity index (χ2v) is 5.14. The van der Waals surface area contributed by atoms with Crippen LogP contribution in [0.25, 0.3) is 10.9 Å². The van der Waals surface area contributed by atoms with Gasteiger partial charge in [0.25, 0.3) is 0 Å². The zero-order valence-electron chi connectivity index (χ0n) is 12.0. The van der Waals surface area contributed by atoms with Gasteiger partial charge in [0.05, 0.1) is 5.52 Å². The summed E-state index contributed by atoms with van der Waals surface area (Å²) in [5.41, 5.74) is 9.03. The van der Waals surface area contributed by atoms with Gasteiger partial charge in [-0.3, -0.25) is 4.98 Å². The maximum atomic E-state index is 5.85. The van der Waals surface area contributed by atoms with Crippen LogP contribution in [0.3, 0.4) is 0 Å². The van der Waals surface area contributed by atoms with Gasteiger partial charge >= 0.3 is 0 Å². The molecule has 1 heterocycles. The van der Waals surface area contributed by atoms with Gasteiger partial charge in [-0.15, -0.1) is 0 Å². The number of nitrogens with two attached hydrogens (primary N) is 1. The van der Waals surface area contributed by atoms with E-state index in [-0.39, 0.29) is 6.04 Å². The van der Waals surface area contributed by atoms with Gasteiger partial charge in [0.15, 0.2) is 0 Å². The van der Waals surface area contributed by atoms with Gasteiger partial charge in [-0.2, -0.15) is 0 Å². The van der Waals surface area contributed by atoms with Crippen molar-refractivity contribution in [2.24, 2.45) is 5.73 Å². The van der Waals surface area contributed by atoms with Crippen molar-refractivity contribution in [3.05, 3.63) is 71.9 Å². The predicted molar refractivity (Wildman–Crippen MR) is 85.1 cm³/mol. The summed E-state index contributed by atoms with van der Waals surface area (Å²) in [6.07, 6.45) is 1.81. The molecule has 2 N–H and O–H groups in total. The zero-order chi connectivity index (χ0) is 14.7. The Balaban J connectivity index is 1.77. The fraction of sp³-hybridized carbons (Fsp3) is 0.167. The van der Waals surface area contributed by atoms with Crippen molar-refractivity contribution in [3.8, 4) is 5.75 Å². The van der Waals surface area contributed by atoms with E-state index in [2.05, 4.69) is 17.1 Å². The fourth-order valence-corrected chi connectivity index (χ4v) is 2.31. The zero-order valence-corrected chi connectivity index (χ0v) is 12.0. The van der Waals surface area contributed by atoms with Crippen LogP contribution < -0.4 is 10.5 Å². The van der Waals surface area contributed by atoms with Crippen molar-refractivity contribution >= 4 is 10.9 Å². The monoisotopic (exact) mass is 278 g/mol. The molecule has 2 aromatic carbocycles. The van der Waals surface area contributed by atoms with Gasteiger partial charge in [0, 0.05) is 23.2 Å². The Hall–Kier alpha value is -2.39. The lowest BCUT2D eigenvalue weighted by Crippen LogP contribution is -2.04. The highest BCUT2D eigenvalue weighted by molar-refractivity contribution is 5.81. The molecule has 21 heavy (non-hydrogen) atoms. The van der Waals surface area contributed by atoms with Crippen LogP contribution in [0.4, 0.5) is 0 Å². The topological polar surface area (TPSA) is 48.1 Å². The maximum absolute atomic E-state index is 5.85. The summed E-state index contributed by atoms with van der Waals surface area (Å²) in [4.78, 5) is 4.43. The van der Waals surface area contributed by atoms with E-state index >= 15 is 0 Å². The van der Waals surface area contributed by atoms with E-state index in [1.807, 2.05) is 55.6 Å². The quantitative estimate of drug-likeness (QED) is 0.789. The number of fused-ring (bicyclic) bond motifs is 1. The predicted octanol–water partition coefficient (Wildman–Crippen LogP) is 3.83. The first kappa shape index (κ1) is 13.6. The largest absolute Gasteiger partial charge is 0.489 e. The molecule has 106 valence electrons. The van der Waals surface area contributed by atoms with Crippen molar-refractivity contribution in [2.75, 3.05) is 0 Å². The second kappa shape index (κ2) is 5.94. The summed E-state index contributed by atoms with van der Waals surface area (Å²) in [7, 11) is 0. The molecule has 0 spiro atoms. The molecule has 0 radical (unpaired) electrons. The van der Waals surface area contributed by atoms with E-state index < -0.39 is 0 Å². The molecule has 1 atom stereocenters. The van der Waals surface area contributed by atoms with Gasteiger partial charge in [0.2, 0.25) is 0 Å². The number of para-hydroxylation sites is 1. The molecule has 1 aromatic heterocycles. The molecule has 3 rings (SSSR count). The van der Waals surface area contributed by atoms with Crippen LogP contribution in [0.2, 0.25) is 0 Å². The summed E-state index contributed by atoms with van der Waals surface area (Å²) in [5.74, 6) is 0.840. The summed E-state index contributed by atoms with van der Waals surface area (Å²) < 4.78 is 5.85. The average molecular weight is 278 g/mol. The van der Waals surface area contributed by atoms with E-state index in [0.717, 1.165) is 27.8 Å². The molecule has 0 aliphatic heterocycles. The van der Waals surface area contributed by atoms with Gasteiger partial charge in [-0.05, 0) is 30.7 Å². The van der Waals surface area contributed by atoms with Crippen LogP contribution in [0.15, 0.2) is 60.8 Å². The molecule has 0 bridgehead atoms. The standard InChI is InChI=1S/C18H18N2O/c1-13(19)14-7-9-17(10-8-14)21-12-16-5-2-4-15-6-3-11-20-18(15)16/h2-11,13H,12,19H2,1H3/t13-/m0/s1. The Morgan fingerprint density at radius 1 is 1.05 bits per heavy atom. The van der Waals surface area contributed by atoms with Gasteiger partial charge in [-0.25, -0.2) is 0 Å². The SMILES string of the molecule is C[C@H](N)c1ccc(OCc2cccc3cccnc23)cc1. The van der Waals surface area contributed by atoms with Crippen LogP contribution >= 0.6 is 0 Å². The summed E-state index contributed by atoms with van der Waals surface area (Å²) in [6, 6.07) is 18.1. The first-order chi connectivity index (χ1) is 10.2. The van der Waals surface area contributed by atoms with E-state index in [4.69, 9.17) is 10.5 Å². The van der Waals surface area contributed by atoms with Crippen molar-refractivity contribution in [2.45, 2.75) is 19.6 Å². The molecule has 0 saturated carbocycles. The lowest BCUT2D eigenvalue weighted by Gasteiger charge is -2.10. The van der Waals surface area contributed by atoms with Crippen molar-refractivity contribution < 1.29 is 4.74 Å². The molecular formula is C18H18N2O. The first-order valence-electron chi connectivity index (χ1n) is 7.05. The lowest BCUT2D eigenvalue weighted by molar-refractivity contribution is 0.307. The molecule has 0 amide bonds. The third-order valence-corrected chi connectivity index (χ3v) is 3.52. The van der Waals surface area contributed by atoms with Crippen molar-refractivity contribution in [1.29, 1.82) is 0 Å². The molecule has 0 aliphatic carbocycles. The summed E-state index contributed by atoms with van der Waals surface area (Å²) in [6.45, 7) is 2.48. The van der Waals surface area contributed by atoms with E-state index in [9.17, 15) is 0 Å². The van der Waals surface area contributed by atoms with Crippen molar-refractivity contribution in [3.63, 3.8) is 0 Å². The molecule has 0 fully saturated rings. The minimum absolute atomic E-state index is 0.0429. The van der Waals surface area contributed by atoms with Gasteiger partial charge in [0.1, 0.15) is 12.4 Å². The van der Waals surface area contributed by atoms with E-state index in [1.54, 1.807) is 0 Å². The number of aromatic nitrogens is 1. The molecule has 0 saturated heterocycles. The van der Waals surface area contributed by atoms with Crippen LogP contribution in [-0.2, 0) is 6.61 Å². The highest BCUT2D eigenvalue weighted by atomic mass is 16.5. The summed E-state index contributed by atoms with van der Waals surface area (Å²) >= 11 is 0. The molecule has 3 nitrogen and oxygen atoms in total. The van der Waals surface area contributed by atoms with Crippen molar-refractivity contribution in [1.82, 2.24) is 4.98 Å². The van der Waals surface area contributed by atoms with E-state index in [1.165, 1.54) is 0 Å². The Bertz CT molecular complexity index is 730. The molecule has 0 aliphatic rings. The van der Waals surface area contributed by atoms with E-state index in [0.29, 0.717) is 6.61 Å².